The highest BCUT2D eigenvalue weighted by Gasteiger charge is 2.16. The van der Waals surface area contributed by atoms with Crippen molar-refractivity contribution in [3.8, 4) is 0 Å². The molecule has 0 bridgehead atoms. The summed E-state index contributed by atoms with van der Waals surface area (Å²) in [6.45, 7) is 15.1. The second-order valence-electron chi connectivity index (χ2n) is 14.2. The van der Waals surface area contributed by atoms with Crippen LogP contribution in [0.1, 0.15) is 41.7 Å². The summed E-state index contributed by atoms with van der Waals surface area (Å²) in [6.07, 6.45) is 4.38. The normalized spacial score (nSPS) is 11.7. The van der Waals surface area contributed by atoms with Crippen molar-refractivity contribution in [2.75, 3.05) is 4.90 Å². The van der Waals surface area contributed by atoms with Gasteiger partial charge in [-0.25, -0.2) is 0 Å². The maximum atomic E-state index is 4.38. The van der Waals surface area contributed by atoms with Gasteiger partial charge in [0.2, 0.25) is 0 Å². The zero-order chi connectivity index (χ0) is 37.6. The second kappa shape index (κ2) is 16.1. The summed E-state index contributed by atoms with van der Waals surface area (Å²) in [5.74, 6) is 0. The number of hydrogen-bond donors (Lipinski definition) is 0. The number of aryl methyl sites for hydroxylation is 3. The van der Waals surface area contributed by atoms with Gasteiger partial charge in [0.05, 0.1) is 0 Å². The monoisotopic (exact) mass is 697 g/mol. The van der Waals surface area contributed by atoms with Crippen molar-refractivity contribution in [2.24, 2.45) is 0 Å². The maximum Gasteiger partial charge on any atom is 0.0468 e. The number of anilines is 3. The number of rotatable bonds is 7. The molecule has 0 aliphatic rings. The van der Waals surface area contributed by atoms with Crippen molar-refractivity contribution in [3.63, 3.8) is 0 Å². The summed E-state index contributed by atoms with van der Waals surface area (Å²) in [6, 6.07) is 60.8. The van der Waals surface area contributed by atoms with E-state index in [2.05, 4.69) is 210 Å². The van der Waals surface area contributed by atoms with Gasteiger partial charge >= 0.3 is 0 Å². The first-order chi connectivity index (χ1) is 26.3. The third-order valence-corrected chi connectivity index (χ3v) is 10.3. The molecular weight excluding hydrogens is 651 g/mol. The minimum Gasteiger partial charge on any atom is -0.310 e. The molecule has 0 radical (unpaired) electrons. The Morgan fingerprint density at radius 3 is 1.56 bits per heavy atom. The van der Waals surface area contributed by atoms with Crippen molar-refractivity contribution in [2.45, 2.75) is 34.6 Å². The standard InChI is InChI=1S/C46H39N.C7H8/c1-31-13-12-15-38(29-31)47(39-27-28-45-43-19-9-8-17-41(43)42-18-10-11-20-44(42)46(45)30-39)37-25-23-36(24-26-37)33(3)22-21-32(2)35(5)40-16-7-6-14-34(40)4;1-7-5-3-2-4-6-7/h6-30H,5H2,1-4H3;2-6H,1H3/b32-21-,33-22+;. The molecule has 0 atom stereocenters. The van der Waals surface area contributed by atoms with Crippen LogP contribution in [0.25, 0.3) is 43.5 Å². The van der Waals surface area contributed by atoms with Gasteiger partial charge in [-0.2, -0.15) is 0 Å². The number of nitrogens with zero attached hydrogens (tertiary/aromatic N) is 1. The van der Waals surface area contributed by atoms with E-state index in [1.165, 1.54) is 65.7 Å². The highest BCUT2D eigenvalue weighted by Crippen LogP contribution is 2.41. The average molecular weight is 698 g/mol. The van der Waals surface area contributed by atoms with Crippen LogP contribution in [-0.2, 0) is 0 Å². The molecule has 0 spiro atoms. The fourth-order valence-corrected chi connectivity index (χ4v) is 7.23. The van der Waals surface area contributed by atoms with Crippen LogP contribution in [-0.4, -0.2) is 0 Å². The number of hydrogen-bond acceptors (Lipinski definition) is 1. The van der Waals surface area contributed by atoms with E-state index in [0.29, 0.717) is 0 Å². The smallest absolute Gasteiger partial charge is 0.0468 e. The fourth-order valence-electron chi connectivity index (χ4n) is 7.23. The Bertz CT molecular complexity index is 2620. The zero-order valence-corrected chi connectivity index (χ0v) is 32.0. The molecule has 264 valence electrons. The molecule has 0 aliphatic carbocycles. The molecule has 0 amide bonds. The van der Waals surface area contributed by atoms with E-state index in [9.17, 15) is 0 Å². The lowest BCUT2D eigenvalue weighted by atomic mass is 9.94. The number of allylic oxidation sites excluding steroid dienone is 5. The molecule has 54 heavy (non-hydrogen) atoms. The predicted molar refractivity (Wildman–Crippen MR) is 237 cm³/mol. The lowest BCUT2D eigenvalue weighted by Gasteiger charge is -2.27. The van der Waals surface area contributed by atoms with Gasteiger partial charge in [0.25, 0.3) is 0 Å². The molecule has 0 saturated heterocycles. The fraction of sp³-hybridized carbons (Fsp3) is 0.0943. The van der Waals surface area contributed by atoms with Crippen LogP contribution in [0.4, 0.5) is 17.1 Å². The van der Waals surface area contributed by atoms with Gasteiger partial charge in [0.1, 0.15) is 0 Å². The molecule has 0 aromatic heterocycles. The largest absolute Gasteiger partial charge is 0.310 e. The Kier molecular flexibility index (Phi) is 10.7. The lowest BCUT2D eigenvalue weighted by Crippen LogP contribution is -2.10. The second-order valence-corrected chi connectivity index (χ2v) is 14.2. The van der Waals surface area contributed by atoms with Crippen molar-refractivity contribution in [1.82, 2.24) is 0 Å². The van der Waals surface area contributed by atoms with E-state index in [1.54, 1.807) is 0 Å². The van der Waals surface area contributed by atoms with E-state index >= 15 is 0 Å². The van der Waals surface area contributed by atoms with Gasteiger partial charge in [-0.15, -0.1) is 0 Å². The van der Waals surface area contributed by atoms with Gasteiger partial charge in [-0.1, -0.05) is 158 Å². The summed E-state index contributed by atoms with van der Waals surface area (Å²) < 4.78 is 0. The Labute approximate surface area is 320 Å². The third-order valence-electron chi connectivity index (χ3n) is 10.3. The molecule has 0 saturated carbocycles. The first-order valence-corrected chi connectivity index (χ1v) is 18.7. The minimum atomic E-state index is 1.06. The van der Waals surface area contributed by atoms with E-state index < -0.39 is 0 Å². The predicted octanol–water partition coefficient (Wildman–Crippen LogP) is 15.3. The van der Waals surface area contributed by atoms with Crippen LogP contribution in [0.3, 0.4) is 0 Å². The average Bonchev–Trinajstić information content (AvgIpc) is 3.21. The molecule has 0 fully saturated rings. The Balaban J connectivity index is 0.000000579. The Morgan fingerprint density at radius 1 is 0.444 bits per heavy atom. The third kappa shape index (κ3) is 7.68. The van der Waals surface area contributed by atoms with Gasteiger partial charge in [-0.3, -0.25) is 0 Å². The molecule has 8 rings (SSSR count). The van der Waals surface area contributed by atoms with Gasteiger partial charge in [-0.05, 0) is 142 Å². The number of fused-ring (bicyclic) bond motifs is 6. The van der Waals surface area contributed by atoms with Crippen molar-refractivity contribution in [1.29, 1.82) is 0 Å². The van der Waals surface area contributed by atoms with E-state index in [1.807, 2.05) is 18.2 Å². The topological polar surface area (TPSA) is 3.24 Å². The summed E-state index contributed by atoms with van der Waals surface area (Å²) >= 11 is 0. The molecule has 0 N–H and O–H groups in total. The highest BCUT2D eigenvalue weighted by atomic mass is 15.1. The zero-order valence-electron chi connectivity index (χ0n) is 32.0. The molecule has 0 unspecified atom stereocenters. The first-order valence-electron chi connectivity index (χ1n) is 18.7. The Hall–Kier alpha value is -6.44. The molecule has 8 aromatic rings. The molecular formula is C53H47N. The SMILES string of the molecule is C=C(/C(C)=C\C=C(/C)c1ccc(N(c2cccc(C)c2)c2ccc3c4ccccc4c4ccccc4c3c2)cc1)c1ccccc1C.Cc1ccccc1. The van der Waals surface area contributed by atoms with Crippen LogP contribution in [0.15, 0.2) is 194 Å². The molecule has 8 aromatic carbocycles. The van der Waals surface area contributed by atoms with Gasteiger partial charge in [0.15, 0.2) is 0 Å². The molecule has 0 heterocycles. The maximum absolute atomic E-state index is 4.38. The van der Waals surface area contributed by atoms with E-state index in [0.717, 1.165) is 28.2 Å². The van der Waals surface area contributed by atoms with Gasteiger partial charge < -0.3 is 4.90 Å². The number of benzene rings is 8. The highest BCUT2D eigenvalue weighted by molar-refractivity contribution is 6.25. The van der Waals surface area contributed by atoms with Crippen molar-refractivity contribution < 1.29 is 0 Å². The quantitative estimate of drug-likeness (QED) is 0.118. The molecule has 1 nitrogen and oxygen atoms in total. The van der Waals surface area contributed by atoms with E-state index in [-0.39, 0.29) is 0 Å². The van der Waals surface area contributed by atoms with E-state index in [4.69, 9.17) is 0 Å². The summed E-state index contributed by atoms with van der Waals surface area (Å²) in [5.41, 5.74) is 13.0. The van der Waals surface area contributed by atoms with Gasteiger partial charge in [0, 0.05) is 17.1 Å². The van der Waals surface area contributed by atoms with Crippen molar-refractivity contribution in [3.05, 3.63) is 222 Å². The lowest BCUT2D eigenvalue weighted by molar-refractivity contribution is 1.27. The first kappa shape index (κ1) is 35.9. The minimum absolute atomic E-state index is 1.06. The summed E-state index contributed by atoms with van der Waals surface area (Å²) in [7, 11) is 0. The van der Waals surface area contributed by atoms with Crippen molar-refractivity contribution >= 4 is 60.5 Å². The van der Waals surface area contributed by atoms with Crippen LogP contribution >= 0.6 is 0 Å². The summed E-state index contributed by atoms with van der Waals surface area (Å²) in [4.78, 5) is 2.37. The Morgan fingerprint density at radius 2 is 0.963 bits per heavy atom. The molecule has 0 aliphatic heterocycles. The van der Waals surface area contributed by atoms with Crippen LogP contribution < -0.4 is 4.90 Å². The van der Waals surface area contributed by atoms with Crippen LogP contribution in [0.2, 0.25) is 0 Å². The summed E-state index contributed by atoms with van der Waals surface area (Å²) in [5, 5.41) is 7.68. The van der Waals surface area contributed by atoms with Crippen LogP contribution in [0.5, 0.6) is 0 Å². The molecule has 1 heteroatoms. The van der Waals surface area contributed by atoms with Crippen LogP contribution in [0, 0.1) is 20.8 Å².